The quantitative estimate of drug-likeness (QED) is 0.845. The number of nitrogens with one attached hydrogen (secondary N) is 1. The van der Waals surface area contributed by atoms with Gasteiger partial charge in [-0.1, -0.05) is 36.4 Å². The Bertz CT molecular complexity index is 645. The zero-order chi connectivity index (χ0) is 16.1. The van der Waals surface area contributed by atoms with Crippen LogP contribution in [-0.2, 0) is 4.79 Å². The summed E-state index contributed by atoms with van der Waals surface area (Å²) in [6.07, 6.45) is 0. The summed E-state index contributed by atoms with van der Waals surface area (Å²) in [6.45, 7) is 5.80. The number of halogens is 1. The molecule has 2 aromatic carbocycles. The summed E-state index contributed by atoms with van der Waals surface area (Å²) in [4.78, 5) is 12.3. The normalized spacial score (nSPS) is 13.5. The van der Waals surface area contributed by atoms with Crippen molar-refractivity contribution in [1.29, 1.82) is 0 Å². The number of carbonyl (C=O) groups excluding carboxylic acids is 1. The Morgan fingerprint density at radius 3 is 2.50 bits per heavy atom. The third kappa shape index (κ3) is 4.34. The van der Waals surface area contributed by atoms with E-state index < -0.39 is 0 Å². The molecule has 0 aromatic heterocycles. The van der Waals surface area contributed by atoms with Crippen molar-refractivity contribution in [2.24, 2.45) is 0 Å². The molecule has 2 atom stereocenters. The van der Waals surface area contributed by atoms with E-state index in [4.69, 9.17) is 0 Å². The maximum Gasteiger partial charge on any atom is 0.237 e. The topological polar surface area (TPSA) is 29.1 Å². The third-order valence-electron chi connectivity index (χ3n) is 3.50. The van der Waals surface area contributed by atoms with Crippen LogP contribution in [0.15, 0.2) is 48.5 Å². The first kappa shape index (κ1) is 16.6. The average molecular weight is 317 g/mol. The highest BCUT2D eigenvalue weighted by molar-refractivity contribution is 8.00. The van der Waals surface area contributed by atoms with Crippen LogP contribution in [0.4, 0.5) is 10.1 Å². The second-order valence-corrected chi connectivity index (χ2v) is 6.97. The molecule has 0 fully saturated rings. The maximum absolute atomic E-state index is 13.3. The number of hydrogen-bond donors (Lipinski definition) is 1. The molecule has 22 heavy (non-hydrogen) atoms. The monoisotopic (exact) mass is 317 g/mol. The van der Waals surface area contributed by atoms with Gasteiger partial charge in [0.25, 0.3) is 0 Å². The fraction of sp³-hybridized carbons (Fsp3) is 0.278. The van der Waals surface area contributed by atoms with Crippen molar-refractivity contribution in [2.45, 2.75) is 31.3 Å². The van der Waals surface area contributed by atoms with E-state index in [2.05, 4.69) is 24.4 Å². The van der Waals surface area contributed by atoms with Crippen molar-refractivity contribution in [1.82, 2.24) is 0 Å². The fourth-order valence-corrected chi connectivity index (χ4v) is 3.24. The Morgan fingerprint density at radius 1 is 1.14 bits per heavy atom. The first-order valence-corrected chi connectivity index (χ1v) is 8.19. The standard InChI is InChI=1S/C18H20FNOS/c1-12-9-10-16(19)11-17(12)20-18(21)14(3)22-13(2)15-7-5-4-6-8-15/h4-11,13-14H,1-3H3,(H,20,21). The highest BCUT2D eigenvalue weighted by Gasteiger charge is 2.18. The molecule has 1 N–H and O–H groups in total. The Hall–Kier alpha value is -1.81. The lowest BCUT2D eigenvalue weighted by Gasteiger charge is -2.18. The Morgan fingerprint density at radius 2 is 1.82 bits per heavy atom. The number of carbonyl (C=O) groups is 1. The van der Waals surface area contributed by atoms with Gasteiger partial charge in [0.1, 0.15) is 5.82 Å². The van der Waals surface area contributed by atoms with E-state index in [9.17, 15) is 9.18 Å². The highest BCUT2D eigenvalue weighted by Crippen LogP contribution is 2.32. The van der Waals surface area contributed by atoms with Gasteiger partial charge in [0.15, 0.2) is 0 Å². The summed E-state index contributed by atoms with van der Waals surface area (Å²) >= 11 is 1.58. The van der Waals surface area contributed by atoms with Gasteiger partial charge in [-0.05, 0) is 44.0 Å². The molecule has 116 valence electrons. The molecular formula is C18H20FNOS. The fourth-order valence-electron chi connectivity index (χ4n) is 2.13. The van der Waals surface area contributed by atoms with Crippen molar-refractivity contribution in [2.75, 3.05) is 5.32 Å². The molecular weight excluding hydrogens is 297 g/mol. The Labute approximate surface area is 135 Å². The minimum absolute atomic E-state index is 0.110. The lowest BCUT2D eigenvalue weighted by Crippen LogP contribution is -2.23. The smallest absolute Gasteiger partial charge is 0.237 e. The average Bonchev–Trinajstić information content (AvgIpc) is 2.51. The third-order valence-corrected chi connectivity index (χ3v) is 4.81. The summed E-state index contributed by atoms with van der Waals surface area (Å²) in [7, 11) is 0. The maximum atomic E-state index is 13.3. The van der Waals surface area contributed by atoms with E-state index in [-0.39, 0.29) is 22.2 Å². The predicted molar refractivity (Wildman–Crippen MR) is 91.7 cm³/mol. The second kappa shape index (κ2) is 7.45. The van der Waals surface area contributed by atoms with E-state index in [1.54, 1.807) is 17.8 Å². The number of anilines is 1. The number of thioether (sulfide) groups is 1. The van der Waals surface area contributed by atoms with Crippen LogP contribution in [0, 0.1) is 12.7 Å². The number of hydrogen-bond acceptors (Lipinski definition) is 2. The molecule has 0 saturated carbocycles. The lowest BCUT2D eigenvalue weighted by atomic mass is 10.2. The van der Waals surface area contributed by atoms with Crippen molar-refractivity contribution in [3.8, 4) is 0 Å². The number of aryl methyl sites for hydroxylation is 1. The van der Waals surface area contributed by atoms with Gasteiger partial charge in [0.2, 0.25) is 5.91 Å². The predicted octanol–water partition coefficient (Wildman–Crippen LogP) is 4.96. The molecule has 0 aliphatic heterocycles. The van der Waals surface area contributed by atoms with Crippen LogP contribution < -0.4 is 5.32 Å². The van der Waals surface area contributed by atoms with Crippen LogP contribution in [0.5, 0.6) is 0 Å². The summed E-state index contributed by atoms with van der Waals surface area (Å²) in [5.74, 6) is -0.458. The van der Waals surface area contributed by atoms with Gasteiger partial charge in [-0.3, -0.25) is 4.79 Å². The van der Waals surface area contributed by atoms with E-state index in [1.165, 1.54) is 17.7 Å². The zero-order valence-electron chi connectivity index (χ0n) is 13.0. The van der Waals surface area contributed by atoms with Gasteiger partial charge < -0.3 is 5.32 Å². The molecule has 0 bridgehead atoms. The van der Waals surface area contributed by atoms with Crippen LogP contribution in [0.2, 0.25) is 0 Å². The molecule has 0 aliphatic carbocycles. The van der Waals surface area contributed by atoms with Gasteiger partial charge >= 0.3 is 0 Å². The molecule has 2 rings (SSSR count). The summed E-state index contributed by atoms with van der Waals surface area (Å²) < 4.78 is 13.3. The highest BCUT2D eigenvalue weighted by atomic mass is 32.2. The van der Waals surface area contributed by atoms with Crippen LogP contribution in [0.25, 0.3) is 0 Å². The first-order chi connectivity index (χ1) is 10.5. The molecule has 2 nitrogen and oxygen atoms in total. The zero-order valence-corrected chi connectivity index (χ0v) is 13.8. The molecule has 0 radical (unpaired) electrons. The molecule has 0 spiro atoms. The summed E-state index contributed by atoms with van der Waals surface area (Å²) in [5.41, 5.74) is 2.57. The van der Waals surface area contributed by atoms with Crippen molar-refractivity contribution >= 4 is 23.4 Å². The van der Waals surface area contributed by atoms with Crippen LogP contribution in [0.1, 0.15) is 30.2 Å². The van der Waals surface area contributed by atoms with Crippen LogP contribution in [0.3, 0.4) is 0 Å². The van der Waals surface area contributed by atoms with Gasteiger partial charge in [0, 0.05) is 10.9 Å². The van der Waals surface area contributed by atoms with Crippen LogP contribution >= 0.6 is 11.8 Å². The van der Waals surface area contributed by atoms with Gasteiger partial charge in [0.05, 0.1) is 5.25 Å². The Balaban J connectivity index is 1.99. The van der Waals surface area contributed by atoms with Crippen molar-refractivity contribution < 1.29 is 9.18 Å². The second-order valence-electron chi connectivity index (χ2n) is 5.28. The first-order valence-electron chi connectivity index (χ1n) is 7.25. The number of benzene rings is 2. The van der Waals surface area contributed by atoms with Crippen molar-refractivity contribution in [3.05, 3.63) is 65.5 Å². The van der Waals surface area contributed by atoms with Gasteiger partial charge in [-0.15, -0.1) is 11.8 Å². The van der Waals surface area contributed by atoms with E-state index in [1.807, 2.05) is 32.0 Å². The Kier molecular flexibility index (Phi) is 5.61. The lowest BCUT2D eigenvalue weighted by molar-refractivity contribution is -0.115. The largest absolute Gasteiger partial charge is 0.325 e. The molecule has 0 aliphatic rings. The number of rotatable bonds is 5. The van der Waals surface area contributed by atoms with Crippen molar-refractivity contribution in [3.63, 3.8) is 0 Å². The minimum Gasteiger partial charge on any atom is -0.325 e. The minimum atomic E-state index is -0.348. The summed E-state index contributed by atoms with van der Waals surface area (Å²) in [6, 6.07) is 14.5. The van der Waals surface area contributed by atoms with E-state index in [0.717, 1.165) is 5.56 Å². The number of amides is 1. The molecule has 0 heterocycles. The van der Waals surface area contributed by atoms with Crippen LogP contribution in [-0.4, -0.2) is 11.2 Å². The molecule has 4 heteroatoms. The van der Waals surface area contributed by atoms with Gasteiger partial charge in [-0.25, -0.2) is 4.39 Å². The van der Waals surface area contributed by atoms with Gasteiger partial charge in [-0.2, -0.15) is 0 Å². The molecule has 1 amide bonds. The van der Waals surface area contributed by atoms with E-state index in [0.29, 0.717) is 5.69 Å². The molecule has 2 unspecified atom stereocenters. The van der Waals surface area contributed by atoms with E-state index >= 15 is 0 Å². The summed E-state index contributed by atoms with van der Waals surface area (Å²) in [5, 5.41) is 2.80. The molecule has 2 aromatic rings. The molecule has 0 saturated heterocycles. The SMILES string of the molecule is Cc1ccc(F)cc1NC(=O)C(C)SC(C)c1ccccc1.